The minimum atomic E-state index is -0.779. The van der Waals surface area contributed by atoms with Crippen molar-refractivity contribution in [1.29, 1.82) is 0 Å². The lowest BCUT2D eigenvalue weighted by atomic mass is 9.90. The molecule has 0 bridgehead atoms. The van der Waals surface area contributed by atoms with Crippen LogP contribution in [0.5, 0.6) is 5.75 Å². The Labute approximate surface area is 108 Å². The fourth-order valence-electron chi connectivity index (χ4n) is 2.15. The highest BCUT2D eigenvalue weighted by molar-refractivity contribution is 5.27. The predicted octanol–water partition coefficient (Wildman–Crippen LogP) is 2.93. The molecule has 2 heteroatoms. The number of aromatic hydroxyl groups is 1. The number of benzene rings is 2. The van der Waals surface area contributed by atoms with Crippen molar-refractivity contribution in [2.24, 2.45) is 0 Å². The van der Waals surface area contributed by atoms with Crippen LogP contribution in [0.25, 0.3) is 0 Å². The Balaban J connectivity index is 2.05. The van der Waals surface area contributed by atoms with E-state index in [9.17, 15) is 10.2 Å². The number of aliphatic hydroxyl groups is 1. The van der Waals surface area contributed by atoms with Gasteiger partial charge in [0.2, 0.25) is 0 Å². The third-order valence-electron chi connectivity index (χ3n) is 2.95. The summed E-state index contributed by atoms with van der Waals surface area (Å²) in [5.74, 6) is 0.251. The molecule has 0 heterocycles. The normalized spacial score (nSPS) is 14.1. The van der Waals surface area contributed by atoms with E-state index < -0.39 is 5.60 Å². The van der Waals surface area contributed by atoms with Gasteiger partial charge in [-0.2, -0.15) is 0 Å². The first-order chi connectivity index (χ1) is 8.55. The zero-order valence-corrected chi connectivity index (χ0v) is 10.5. The molecule has 0 aliphatic heterocycles. The minimum absolute atomic E-state index is 0.251. The van der Waals surface area contributed by atoms with Crippen LogP contribution < -0.4 is 0 Å². The van der Waals surface area contributed by atoms with Gasteiger partial charge in [0.15, 0.2) is 0 Å². The topological polar surface area (TPSA) is 40.5 Å². The molecule has 2 N–H and O–H groups in total. The van der Waals surface area contributed by atoms with Crippen molar-refractivity contribution in [3.63, 3.8) is 0 Å². The summed E-state index contributed by atoms with van der Waals surface area (Å²) in [6, 6.07) is 16.9. The van der Waals surface area contributed by atoms with Crippen molar-refractivity contribution in [3.8, 4) is 5.75 Å². The lowest BCUT2D eigenvalue weighted by Gasteiger charge is -2.23. The second kappa shape index (κ2) is 5.23. The standard InChI is InChI=1S/C16H18O2/c1-16(18,11-13-5-3-2-4-6-13)12-14-7-9-15(17)10-8-14/h2-10,17-18H,11-12H2,1H3. The highest BCUT2D eigenvalue weighted by Crippen LogP contribution is 2.20. The summed E-state index contributed by atoms with van der Waals surface area (Å²) >= 11 is 0. The van der Waals surface area contributed by atoms with Crippen molar-refractivity contribution in [1.82, 2.24) is 0 Å². The molecule has 0 amide bonds. The molecule has 0 aliphatic rings. The molecule has 0 fully saturated rings. The first-order valence-corrected chi connectivity index (χ1v) is 6.09. The molecule has 18 heavy (non-hydrogen) atoms. The average Bonchev–Trinajstić information content (AvgIpc) is 2.32. The largest absolute Gasteiger partial charge is 0.508 e. The summed E-state index contributed by atoms with van der Waals surface area (Å²) < 4.78 is 0. The molecule has 1 atom stereocenters. The van der Waals surface area contributed by atoms with Crippen LogP contribution in [0, 0.1) is 0 Å². The van der Waals surface area contributed by atoms with Gasteiger partial charge in [-0.1, -0.05) is 42.5 Å². The third-order valence-corrected chi connectivity index (χ3v) is 2.95. The molecule has 0 saturated heterocycles. The van der Waals surface area contributed by atoms with Crippen molar-refractivity contribution < 1.29 is 10.2 Å². The first kappa shape index (κ1) is 12.7. The molecule has 2 rings (SSSR count). The molecule has 0 aliphatic carbocycles. The van der Waals surface area contributed by atoms with E-state index in [2.05, 4.69) is 0 Å². The number of rotatable bonds is 4. The zero-order valence-electron chi connectivity index (χ0n) is 10.5. The maximum absolute atomic E-state index is 10.4. The smallest absolute Gasteiger partial charge is 0.115 e. The van der Waals surface area contributed by atoms with E-state index in [1.165, 1.54) is 0 Å². The number of phenols is 1. The Morgan fingerprint density at radius 3 is 1.89 bits per heavy atom. The summed E-state index contributed by atoms with van der Waals surface area (Å²) in [4.78, 5) is 0. The van der Waals surface area contributed by atoms with Crippen molar-refractivity contribution >= 4 is 0 Å². The lowest BCUT2D eigenvalue weighted by Crippen LogP contribution is -2.30. The third kappa shape index (κ3) is 3.60. The molecule has 2 nitrogen and oxygen atoms in total. The van der Waals surface area contributed by atoms with E-state index in [4.69, 9.17) is 0 Å². The molecule has 0 aromatic heterocycles. The van der Waals surface area contributed by atoms with E-state index in [0.29, 0.717) is 12.8 Å². The van der Waals surface area contributed by atoms with Gasteiger partial charge < -0.3 is 10.2 Å². The van der Waals surface area contributed by atoms with E-state index in [1.54, 1.807) is 12.1 Å². The highest BCUT2D eigenvalue weighted by atomic mass is 16.3. The van der Waals surface area contributed by atoms with Crippen LogP contribution in [0.4, 0.5) is 0 Å². The summed E-state index contributed by atoms with van der Waals surface area (Å²) in [5, 5.41) is 19.7. The van der Waals surface area contributed by atoms with Gasteiger partial charge in [-0.05, 0) is 30.2 Å². The van der Waals surface area contributed by atoms with Crippen LogP contribution in [-0.2, 0) is 12.8 Å². The zero-order chi connectivity index (χ0) is 13.0. The predicted molar refractivity (Wildman–Crippen MR) is 72.6 cm³/mol. The van der Waals surface area contributed by atoms with Gasteiger partial charge in [-0.25, -0.2) is 0 Å². The van der Waals surface area contributed by atoms with Gasteiger partial charge in [0.25, 0.3) is 0 Å². The molecule has 0 radical (unpaired) electrons. The van der Waals surface area contributed by atoms with Gasteiger partial charge in [0, 0.05) is 12.8 Å². The fourth-order valence-corrected chi connectivity index (χ4v) is 2.15. The molecular weight excluding hydrogens is 224 g/mol. The molecule has 1 unspecified atom stereocenters. The summed E-state index contributed by atoms with van der Waals surface area (Å²) in [5.41, 5.74) is 1.37. The van der Waals surface area contributed by atoms with Crippen molar-refractivity contribution in [3.05, 3.63) is 65.7 Å². The van der Waals surface area contributed by atoms with E-state index in [1.807, 2.05) is 49.4 Å². The Morgan fingerprint density at radius 1 is 0.833 bits per heavy atom. The van der Waals surface area contributed by atoms with E-state index in [-0.39, 0.29) is 5.75 Å². The van der Waals surface area contributed by atoms with Gasteiger partial charge in [-0.3, -0.25) is 0 Å². The molecule has 0 spiro atoms. The van der Waals surface area contributed by atoms with Gasteiger partial charge in [0.1, 0.15) is 5.75 Å². The quantitative estimate of drug-likeness (QED) is 0.865. The molecule has 2 aromatic rings. The first-order valence-electron chi connectivity index (χ1n) is 6.09. The lowest BCUT2D eigenvalue weighted by molar-refractivity contribution is 0.0608. The van der Waals surface area contributed by atoms with Gasteiger partial charge >= 0.3 is 0 Å². The van der Waals surface area contributed by atoms with Crippen LogP contribution in [0.15, 0.2) is 54.6 Å². The number of hydrogen-bond donors (Lipinski definition) is 2. The van der Waals surface area contributed by atoms with Crippen molar-refractivity contribution in [2.75, 3.05) is 0 Å². The second-order valence-electron chi connectivity index (χ2n) is 5.00. The minimum Gasteiger partial charge on any atom is -0.508 e. The van der Waals surface area contributed by atoms with Crippen molar-refractivity contribution in [2.45, 2.75) is 25.4 Å². The SMILES string of the molecule is CC(O)(Cc1ccccc1)Cc1ccc(O)cc1. The van der Waals surface area contributed by atoms with Crippen LogP contribution in [0.3, 0.4) is 0 Å². The van der Waals surface area contributed by atoms with E-state index in [0.717, 1.165) is 11.1 Å². The Kier molecular flexibility index (Phi) is 3.68. The van der Waals surface area contributed by atoms with Crippen LogP contribution in [0.2, 0.25) is 0 Å². The number of hydrogen-bond acceptors (Lipinski definition) is 2. The monoisotopic (exact) mass is 242 g/mol. The number of phenolic OH excluding ortho intramolecular Hbond substituents is 1. The summed E-state index contributed by atoms with van der Waals surface area (Å²) in [6.45, 7) is 1.84. The Morgan fingerprint density at radius 2 is 1.33 bits per heavy atom. The molecule has 94 valence electrons. The summed E-state index contributed by atoms with van der Waals surface area (Å²) in [6.07, 6.45) is 1.19. The molecular formula is C16H18O2. The second-order valence-corrected chi connectivity index (χ2v) is 5.00. The summed E-state index contributed by atoms with van der Waals surface area (Å²) in [7, 11) is 0. The fraction of sp³-hybridized carbons (Fsp3) is 0.250. The van der Waals surface area contributed by atoms with Crippen LogP contribution in [0.1, 0.15) is 18.1 Å². The Hall–Kier alpha value is -1.80. The highest BCUT2D eigenvalue weighted by Gasteiger charge is 2.21. The van der Waals surface area contributed by atoms with Gasteiger partial charge in [-0.15, -0.1) is 0 Å². The average molecular weight is 242 g/mol. The Bertz CT molecular complexity index is 486. The van der Waals surface area contributed by atoms with E-state index >= 15 is 0 Å². The molecule has 0 saturated carbocycles. The van der Waals surface area contributed by atoms with Crippen LogP contribution in [-0.4, -0.2) is 15.8 Å². The maximum atomic E-state index is 10.4. The maximum Gasteiger partial charge on any atom is 0.115 e. The molecule has 2 aromatic carbocycles. The van der Waals surface area contributed by atoms with Gasteiger partial charge in [0.05, 0.1) is 5.60 Å². The van der Waals surface area contributed by atoms with Crippen LogP contribution >= 0.6 is 0 Å².